The molecule has 0 saturated heterocycles. The number of benzene rings is 1. The zero-order valence-corrected chi connectivity index (χ0v) is 10.3. The van der Waals surface area contributed by atoms with Crippen molar-refractivity contribution in [2.24, 2.45) is 0 Å². The highest BCUT2D eigenvalue weighted by Gasteiger charge is 2.27. The molecule has 0 spiro atoms. The average Bonchev–Trinajstić information content (AvgIpc) is 2.30. The minimum Gasteiger partial charge on any atom is -0.508 e. The van der Waals surface area contributed by atoms with E-state index >= 15 is 0 Å². The van der Waals surface area contributed by atoms with E-state index in [4.69, 9.17) is 0 Å². The Hall–Kier alpha value is -1.34. The van der Waals surface area contributed by atoms with Crippen LogP contribution in [-0.2, 0) is 4.74 Å². The number of alkyl halides is 3. The van der Waals surface area contributed by atoms with Crippen LogP contribution in [0.25, 0.3) is 0 Å². The molecule has 0 aromatic heterocycles. The van der Waals surface area contributed by atoms with E-state index in [1.165, 1.54) is 12.1 Å². The van der Waals surface area contributed by atoms with E-state index in [1.807, 2.05) is 0 Å². The Morgan fingerprint density at radius 1 is 1.37 bits per heavy atom. The van der Waals surface area contributed by atoms with Gasteiger partial charge in [-0.3, -0.25) is 0 Å². The van der Waals surface area contributed by atoms with Gasteiger partial charge in [-0.15, -0.1) is 0 Å². The first-order valence-corrected chi connectivity index (χ1v) is 5.66. The maximum absolute atomic E-state index is 13.0. The van der Waals surface area contributed by atoms with E-state index in [-0.39, 0.29) is 18.9 Å². The zero-order valence-electron chi connectivity index (χ0n) is 10.3. The first-order valence-electron chi connectivity index (χ1n) is 5.66. The number of nitrogens with one attached hydrogen (secondary N) is 1. The summed E-state index contributed by atoms with van der Waals surface area (Å²) < 4.78 is 52.8. The van der Waals surface area contributed by atoms with Crippen molar-refractivity contribution in [2.45, 2.75) is 19.1 Å². The monoisotopic (exact) mass is 281 g/mol. The van der Waals surface area contributed by atoms with Crippen molar-refractivity contribution < 1.29 is 27.4 Å². The minimum absolute atomic E-state index is 0.0717. The Balaban J connectivity index is 2.35. The van der Waals surface area contributed by atoms with Crippen LogP contribution in [0.2, 0.25) is 0 Å². The van der Waals surface area contributed by atoms with Crippen LogP contribution in [0.5, 0.6) is 5.75 Å². The highest BCUT2D eigenvalue weighted by molar-refractivity contribution is 5.34. The maximum Gasteiger partial charge on any atom is 0.411 e. The van der Waals surface area contributed by atoms with Gasteiger partial charge in [0.05, 0.1) is 6.61 Å². The van der Waals surface area contributed by atoms with E-state index in [2.05, 4.69) is 10.1 Å². The molecule has 19 heavy (non-hydrogen) atoms. The van der Waals surface area contributed by atoms with Crippen molar-refractivity contribution in [1.82, 2.24) is 5.32 Å². The lowest BCUT2D eigenvalue weighted by atomic mass is 10.1. The Bertz CT molecular complexity index is 409. The third kappa shape index (κ3) is 5.89. The molecule has 0 aliphatic heterocycles. The number of ether oxygens (including phenoxy) is 1. The summed E-state index contributed by atoms with van der Waals surface area (Å²) in [5.41, 5.74) is 0.343. The van der Waals surface area contributed by atoms with Gasteiger partial charge in [0.2, 0.25) is 0 Å². The largest absolute Gasteiger partial charge is 0.508 e. The average molecular weight is 281 g/mol. The van der Waals surface area contributed by atoms with Crippen LogP contribution in [0.4, 0.5) is 17.6 Å². The third-order valence-electron chi connectivity index (χ3n) is 2.42. The van der Waals surface area contributed by atoms with Crippen molar-refractivity contribution in [3.8, 4) is 5.75 Å². The molecule has 1 atom stereocenters. The number of halogens is 4. The molecule has 0 radical (unpaired) electrons. The van der Waals surface area contributed by atoms with Crippen molar-refractivity contribution in [2.75, 3.05) is 19.8 Å². The molecule has 1 unspecified atom stereocenters. The number of hydrogen-bond acceptors (Lipinski definition) is 3. The van der Waals surface area contributed by atoms with Gasteiger partial charge in [-0.05, 0) is 25.1 Å². The normalized spacial score (nSPS) is 13.5. The fraction of sp³-hybridized carbons (Fsp3) is 0.500. The Kier molecular flexibility index (Phi) is 5.56. The molecule has 2 N–H and O–H groups in total. The van der Waals surface area contributed by atoms with Gasteiger partial charge in [0.25, 0.3) is 0 Å². The van der Waals surface area contributed by atoms with Gasteiger partial charge >= 0.3 is 6.18 Å². The predicted octanol–water partition coefficient (Wildman–Crippen LogP) is 2.76. The molecular formula is C12H15F4NO2. The van der Waals surface area contributed by atoms with Crippen LogP contribution in [0.3, 0.4) is 0 Å². The molecular weight excluding hydrogens is 266 g/mol. The molecule has 1 rings (SSSR count). The highest BCUT2D eigenvalue weighted by Crippen LogP contribution is 2.24. The summed E-state index contributed by atoms with van der Waals surface area (Å²) >= 11 is 0. The molecule has 0 aliphatic rings. The van der Waals surface area contributed by atoms with Crippen LogP contribution in [0.1, 0.15) is 18.5 Å². The lowest BCUT2D eigenvalue weighted by Crippen LogP contribution is -2.26. The number of phenolic OH excluding ortho intramolecular Hbond substituents is 1. The SMILES string of the molecule is CC(NCCOCC(F)(F)F)c1cc(F)ccc1O. The second-order valence-corrected chi connectivity index (χ2v) is 4.05. The first-order chi connectivity index (χ1) is 8.79. The summed E-state index contributed by atoms with van der Waals surface area (Å²) in [7, 11) is 0. The molecule has 0 heterocycles. The quantitative estimate of drug-likeness (QED) is 0.622. The van der Waals surface area contributed by atoms with Gasteiger partial charge in [0.15, 0.2) is 0 Å². The van der Waals surface area contributed by atoms with Crippen LogP contribution in [0.15, 0.2) is 18.2 Å². The summed E-state index contributed by atoms with van der Waals surface area (Å²) in [6, 6.07) is 3.12. The highest BCUT2D eigenvalue weighted by atomic mass is 19.4. The maximum atomic E-state index is 13.0. The summed E-state index contributed by atoms with van der Waals surface area (Å²) in [5.74, 6) is -0.563. The molecule has 7 heteroatoms. The smallest absolute Gasteiger partial charge is 0.411 e. The van der Waals surface area contributed by atoms with Crippen molar-refractivity contribution in [3.63, 3.8) is 0 Å². The van der Waals surface area contributed by atoms with E-state index < -0.39 is 24.6 Å². The molecule has 0 fully saturated rings. The molecule has 0 bridgehead atoms. The number of hydrogen-bond donors (Lipinski definition) is 2. The van der Waals surface area contributed by atoms with Crippen LogP contribution >= 0.6 is 0 Å². The third-order valence-corrected chi connectivity index (χ3v) is 2.42. The Morgan fingerprint density at radius 3 is 2.68 bits per heavy atom. The fourth-order valence-corrected chi connectivity index (χ4v) is 1.52. The second kappa shape index (κ2) is 6.72. The number of phenols is 1. The molecule has 3 nitrogen and oxygen atoms in total. The van der Waals surface area contributed by atoms with Gasteiger partial charge in [-0.2, -0.15) is 13.2 Å². The van der Waals surface area contributed by atoms with Gasteiger partial charge in [0, 0.05) is 18.2 Å². The van der Waals surface area contributed by atoms with Gasteiger partial charge < -0.3 is 15.2 Å². The van der Waals surface area contributed by atoms with Crippen molar-refractivity contribution in [1.29, 1.82) is 0 Å². The fourth-order valence-electron chi connectivity index (χ4n) is 1.52. The van der Waals surface area contributed by atoms with Crippen LogP contribution in [-0.4, -0.2) is 31.0 Å². The van der Waals surface area contributed by atoms with E-state index in [9.17, 15) is 22.7 Å². The summed E-state index contributed by atoms with van der Waals surface area (Å²) in [5, 5.41) is 12.4. The standard InChI is InChI=1S/C12H15F4NO2/c1-8(10-6-9(13)2-3-11(10)18)17-4-5-19-7-12(14,15)16/h2-3,6,8,17-18H,4-5,7H2,1H3. The summed E-state index contributed by atoms with van der Waals surface area (Å²) in [6.07, 6.45) is -4.34. The molecule has 108 valence electrons. The number of rotatable bonds is 6. The molecule has 0 aliphatic carbocycles. The molecule has 0 amide bonds. The zero-order chi connectivity index (χ0) is 14.5. The number of aromatic hydroxyl groups is 1. The van der Waals surface area contributed by atoms with Crippen molar-refractivity contribution in [3.05, 3.63) is 29.6 Å². The second-order valence-electron chi connectivity index (χ2n) is 4.05. The Morgan fingerprint density at radius 2 is 2.05 bits per heavy atom. The van der Waals surface area contributed by atoms with Crippen molar-refractivity contribution >= 4 is 0 Å². The van der Waals surface area contributed by atoms with Crippen LogP contribution in [0, 0.1) is 5.82 Å². The van der Waals surface area contributed by atoms with Gasteiger partial charge in [-0.1, -0.05) is 0 Å². The lowest BCUT2D eigenvalue weighted by Gasteiger charge is -2.16. The molecule has 0 saturated carbocycles. The summed E-state index contributed by atoms with van der Waals surface area (Å²) in [4.78, 5) is 0. The van der Waals surface area contributed by atoms with E-state index in [0.29, 0.717) is 5.56 Å². The summed E-state index contributed by atoms with van der Waals surface area (Å²) in [6.45, 7) is 0.402. The van der Waals surface area contributed by atoms with Crippen LogP contribution < -0.4 is 5.32 Å². The molecule has 1 aromatic carbocycles. The van der Waals surface area contributed by atoms with E-state index in [0.717, 1.165) is 6.07 Å². The van der Waals surface area contributed by atoms with Gasteiger partial charge in [0.1, 0.15) is 18.2 Å². The molecule has 1 aromatic rings. The first kappa shape index (κ1) is 15.7. The predicted molar refractivity (Wildman–Crippen MR) is 61.4 cm³/mol. The van der Waals surface area contributed by atoms with Gasteiger partial charge in [-0.25, -0.2) is 4.39 Å². The van der Waals surface area contributed by atoms with E-state index in [1.54, 1.807) is 6.92 Å². The minimum atomic E-state index is -4.34. The topological polar surface area (TPSA) is 41.5 Å². The Labute approximate surface area is 108 Å². The lowest BCUT2D eigenvalue weighted by molar-refractivity contribution is -0.173.